The largest absolute Gasteiger partial charge is 0.471 e. The predicted molar refractivity (Wildman–Crippen MR) is 285 cm³/mol. The zero-order chi connectivity index (χ0) is 58.6. The van der Waals surface area contributed by atoms with Crippen LogP contribution >= 0.6 is 0 Å². The number of carbonyl (C=O) groups excluding carboxylic acids is 8. The fraction of sp³-hybridized carbons (Fsp3) is 0.536. The zero-order valence-electron chi connectivity index (χ0n) is 45.6. The van der Waals surface area contributed by atoms with E-state index >= 15 is 0 Å². The number of hydrogen-bond donors (Lipinski definition) is 6. The van der Waals surface area contributed by atoms with Gasteiger partial charge in [-0.25, -0.2) is 0 Å². The van der Waals surface area contributed by atoms with E-state index in [1.807, 2.05) is 0 Å². The second kappa shape index (κ2) is 30.5. The average Bonchev–Trinajstić information content (AvgIpc) is 4.14. The van der Waals surface area contributed by atoms with Gasteiger partial charge < -0.3 is 51.5 Å². The van der Waals surface area contributed by atoms with Gasteiger partial charge >= 0.3 is 24.2 Å². The topological polar surface area (TPSA) is 222 Å². The maximum absolute atomic E-state index is 14.1. The van der Waals surface area contributed by atoms with E-state index in [0.29, 0.717) is 46.6 Å². The molecule has 3 aromatic rings. The summed E-state index contributed by atoms with van der Waals surface area (Å²) < 4.78 is 82.7. The van der Waals surface area contributed by atoms with E-state index in [1.54, 1.807) is 113 Å². The molecule has 8 amide bonds. The molecule has 0 unspecified atom stereocenters. The van der Waals surface area contributed by atoms with E-state index in [9.17, 15) is 64.7 Å². The number of likely N-dealkylation sites (tertiary alicyclic amines) is 2. The summed E-state index contributed by atoms with van der Waals surface area (Å²) in [4.78, 5) is 110. The lowest BCUT2D eigenvalue weighted by Crippen LogP contribution is -2.55. The lowest BCUT2D eigenvalue weighted by molar-refractivity contribution is -0.186. The van der Waals surface area contributed by atoms with Crippen molar-refractivity contribution in [3.8, 4) is 0 Å². The number of nitrogens with one attached hydrogen (secondary N) is 6. The van der Waals surface area contributed by atoms with Crippen LogP contribution in [0.15, 0.2) is 84.9 Å². The summed E-state index contributed by atoms with van der Waals surface area (Å²) in [7, 11) is 3.10. The Morgan fingerprint density at radius 3 is 1.21 bits per heavy atom. The fourth-order valence-electron chi connectivity index (χ4n) is 9.54. The van der Waals surface area contributed by atoms with Crippen LogP contribution in [0.4, 0.5) is 26.3 Å². The molecule has 0 radical (unpaired) electrons. The van der Waals surface area contributed by atoms with E-state index in [2.05, 4.69) is 31.9 Å². The van der Waals surface area contributed by atoms with Crippen molar-refractivity contribution in [2.45, 2.75) is 140 Å². The maximum Gasteiger partial charge on any atom is 0.471 e. The van der Waals surface area contributed by atoms with E-state index in [1.165, 1.54) is 9.80 Å². The number of rotatable bonds is 28. The van der Waals surface area contributed by atoms with E-state index < -0.39 is 95.9 Å². The Labute approximate surface area is 462 Å². The van der Waals surface area contributed by atoms with E-state index in [4.69, 9.17) is 0 Å². The second-order valence-corrected chi connectivity index (χ2v) is 20.2. The molecule has 24 heteroatoms. The van der Waals surface area contributed by atoms with Gasteiger partial charge in [0.05, 0.1) is 12.1 Å². The number of halogens is 6. The Morgan fingerprint density at radius 1 is 0.537 bits per heavy atom. The van der Waals surface area contributed by atoms with Crippen molar-refractivity contribution >= 4 is 47.3 Å². The van der Waals surface area contributed by atoms with Gasteiger partial charge in [-0.1, -0.05) is 84.9 Å². The van der Waals surface area contributed by atoms with Crippen LogP contribution in [-0.4, -0.2) is 169 Å². The van der Waals surface area contributed by atoms with Gasteiger partial charge in [-0.3, -0.25) is 38.4 Å². The van der Waals surface area contributed by atoms with Crippen molar-refractivity contribution in [1.29, 1.82) is 0 Å². The van der Waals surface area contributed by atoms with Crippen LogP contribution in [-0.2, 0) is 64.3 Å². The molecular formula is C56H74F6N10O8. The third kappa shape index (κ3) is 19.6. The Morgan fingerprint density at radius 2 is 0.887 bits per heavy atom. The quantitative estimate of drug-likeness (QED) is 0.0576. The van der Waals surface area contributed by atoms with E-state index in [0.717, 1.165) is 11.1 Å². The minimum Gasteiger partial charge on any atom is -0.352 e. The summed E-state index contributed by atoms with van der Waals surface area (Å²) in [5.74, 6) is -7.17. The Balaban J connectivity index is 1.14. The molecule has 3 aromatic carbocycles. The lowest BCUT2D eigenvalue weighted by Gasteiger charge is -2.33. The van der Waals surface area contributed by atoms with Crippen LogP contribution in [0.3, 0.4) is 0 Å². The van der Waals surface area contributed by atoms with Crippen LogP contribution in [0, 0.1) is 0 Å². The molecule has 0 spiro atoms. The fourth-order valence-corrected chi connectivity index (χ4v) is 9.54. The first kappa shape index (κ1) is 63.7. The lowest BCUT2D eigenvalue weighted by atomic mass is 10.1. The maximum atomic E-state index is 14.1. The molecule has 6 N–H and O–H groups in total. The standard InChI is InChI=1S/C56H74F6N10O8/c1-37(63-3)49(75)67-45(51(77)71-29-11-17-43(71)35-69(53(79)55(57,58)59)31-27-39-13-7-5-8-14-39)23-25-47(73)65-33-41-19-21-42(22-20-41)34-66-48(74)26-24-46(68-50(76)38(2)64-4)52(78)72-30-12-18-44(72)36-70(54(80)56(60,61)62)32-28-40-15-9-6-10-16-40/h5-10,13-16,19-22,37-38,43-46,63-64H,11-12,17-18,23-36H2,1-4H3,(H,65,73)(H,66,74)(H,67,75)(H,68,76)/t37-,38-,43-,44-,45-,46-/m0/s1. The van der Waals surface area contributed by atoms with Gasteiger partial charge in [0, 0.05) is 77.3 Å². The highest BCUT2D eigenvalue weighted by Gasteiger charge is 2.46. The Kier molecular flexibility index (Phi) is 24.3. The van der Waals surface area contributed by atoms with Gasteiger partial charge in [0.15, 0.2) is 0 Å². The smallest absolute Gasteiger partial charge is 0.352 e. The minimum atomic E-state index is -5.14. The zero-order valence-corrected chi connectivity index (χ0v) is 45.6. The molecule has 2 aliphatic heterocycles. The summed E-state index contributed by atoms with van der Waals surface area (Å²) in [5, 5.41) is 16.5. The van der Waals surface area contributed by atoms with Crippen molar-refractivity contribution in [3.63, 3.8) is 0 Å². The first-order valence-electron chi connectivity index (χ1n) is 27.0. The number of hydrogen-bond acceptors (Lipinski definition) is 10. The molecule has 18 nitrogen and oxygen atoms in total. The molecule has 2 aliphatic rings. The van der Waals surface area contributed by atoms with E-state index in [-0.39, 0.29) is 90.9 Å². The van der Waals surface area contributed by atoms with Crippen molar-refractivity contribution in [3.05, 3.63) is 107 Å². The monoisotopic (exact) mass is 1130 g/mol. The molecule has 0 bridgehead atoms. The van der Waals surface area contributed by atoms with Gasteiger partial charge in [-0.15, -0.1) is 0 Å². The summed E-state index contributed by atoms with van der Waals surface area (Å²) in [6, 6.07) is 18.9. The number of alkyl halides is 6. The van der Waals surface area contributed by atoms with Crippen molar-refractivity contribution < 1.29 is 64.7 Å². The molecule has 2 fully saturated rings. The first-order chi connectivity index (χ1) is 38.0. The normalized spacial score (nSPS) is 16.9. The highest BCUT2D eigenvalue weighted by molar-refractivity contribution is 5.92. The molecule has 6 atom stereocenters. The van der Waals surface area contributed by atoms with Gasteiger partial charge in [-0.2, -0.15) is 26.3 Å². The van der Waals surface area contributed by atoms with Gasteiger partial charge in [0.25, 0.3) is 0 Å². The molecular weight excluding hydrogens is 1050 g/mol. The average molecular weight is 1130 g/mol. The molecule has 2 saturated heterocycles. The van der Waals surface area contributed by atoms with Crippen LogP contribution in [0.2, 0.25) is 0 Å². The predicted octanol–water partition coefficient (Wildman–Crippen LogP) is 3.91. The van der Waals surface area contributed by atoms with Crippen LogP contribution in [0.5, 0.6) is 0 Å². The first-order valence-corrected chi connectivity index (χ1v) is 27.0. The summed E-state index contributed by atoms with van der Waals surface area (Å²) in [5.41, 5.74) is 2.82. The molecule has 0 saturated carbocycles. The number of amides is 8. The third-order valence-electron chi connectivity index (χ3n) is 14.5. The van der Waals surface area contributed by atoms with Crippen LogP contribution in [0.25, 0.3) is 0 Å². The number of nitrogens with zero attached hydrogens (tertiary/aromatic N) is 4. The summed E-state index contributed by atoms with van der Waals surface area (Å²) >= 11 is 0. The number of likely N-dealkylation sites (N-methyl/N-ethyl adjacent to an activating group) is 2. The molecule has 80 heavy (non-hydrogen) atoms. The second-order valence-electron chi connectivity index (χ2n) is 20.2. The van der Waals surface area contributed by atoms with Crippen molar-refractivity contribution in [1.82, 2.24) is 51.5 Å². The van der Waals surface area contributed by atoms with Crippen LogP contribution in [0.1, 0.15) is 87.5 Å². The van der Waals surface area contributed by atoms with Gasteiger partial charge in [-0.05, 0) is 102 Å². The molecule has 438 valence electrons. The molecule has 0 aromatic heterocycles. The highest BCUT2D eigenvalue weighted by Crippen LogP contribution is 2.27. The van der Waals surface area contributed by atoms with Crippen molar-refractivity contribution in [2.75, 3.05) is 53.4 Å². The van der Waals surface area contributed by atoms with Gasteiger partial charge in [0.1, 0.15) is 12.1 Å². The SMILES string of the molecule is CN[C@@H](C)C(=O)N[C@@H](CCC(=O)NCc1ccc(CNC(=O)CC[C@H](NC(=O)[C@H](C)NC)C(=O)N2CCC[C@H]2CN(CCc2ccccc2)C(=O)C(F)(F)F)cc1)C(=O)N1CCC[C@H]1CN(CCc1ccccc1)C(=O)C(F)(F)F. The Bertz CT molecular complexity index is 2370. The highest BCUT2D eigenvalue weighted by atomic mass is 19.4. The molecule has 0 aliphatic carbocycles. The van der Waals surface area contributed by atoms with Gasteiger partial charge in [0.2, 0.25) is 35.4 Å². The summed E-state index contributed by atoms with van der Waals surface area (Å²) in [6.45, 7) is 2.42. The minimum absolute atomic E-state index is 0.0724. The number of carbonyl (C=O) groups is 8. The molecule has 5 rings (SSSR count). The Hall–Kier alpha value is -7.08. The van der Waals surface area contributed by atoms with Crippen molar-refractivity contribution in [2.24, 2.45) is 0 Å². The summed E-state index contributed by atoms with van der Waals surface area (Å²) in [6.07, 6.45) is -9.09. The third-order valence-corrected chi connectivity index (χ3v) is 14.5. The molecule has 2 heterocycles. The number of benzene rings is 3. The van der Waals surface area contributed by atoms with Crippen LogP contribution < -0.4 is 31.9 Å².